The fourth-order valence-corrected chi connectivity index (χ4v) is 2.21. The van der Waals surface area contributed by atoms with Crippen LogP contribution >= 0.6 is 0 Å². The molecule has 1 aromatic heterocycles. The fraction of sp³-hybridized carbons (Fsp3) is 0.133. The van der Waals surface area contributed by atoms with Gasteiger partial charge in [-0.3, -0.25) is 4.79 Å². The smallest absolute Gasteiger partial charge is 0.139 e. The molecule has 0 aliphatic carbocycles. The first-order chi connectivity index (χ1) is 8.25. The zero-order chi connectivity index (χ0) is 11.8. The highest BCUT2D eigenvalue weighted by atomic mass is 16.3. The van der Waals surface area contributed by atoms with Gasteiger partial charge < -0.3 is 4.42 Å². The maximum absolute atomic E-state index is 11.2. The molecule has 2 aromatic carbocycles. The molecule has 0 unspecified atom stereocenters. The molecule has 0 saturated carbocycles. The van der Waals surface area contributed by atoms with Crippen LogP contribution < -0.4 is 0 Å². The molecule has 2 heteroatoms. The minimum absolute atomic E-state index is 0.151. The van der Waals surface area contributed by atoms with Crippen LogP contribution in [-0.2, 0) is 11.2 Å². The highest BCUT2D eigenvalue weighted by molar-refractivity contribution is 6.06. The van der Waals surface area contributed by atoms with Crippen molar-refractivity contribution >= 4 is 27.7 Å². The third-order valence-corrected chi connectivity index (χ3v) is 2.93. The molecule has 84 valence electrons. The predicted octanol–water partition coefficient (Wildman–Crippen LogP) is 3.72. The lowest BCUT2D eigenvalue weighted by Gasteiger charge is -1.98. The van der Waals surface area contributed by atoms with Gasteiger partial charge in [0, 0.05) is 22.8 Å². The van der Waals surface area contributed by atoms with Crippen molar-refractivity contribution in [1.82, 2.24) is 0 Å². The number of fused-ring (bicyclic) bond motifs is 3. The summed E-state index contributed by atoms with van der Waals surface area (Å²) in [6.45, 7) is 1.60. The Kier molecular flexibility index (Phi) is 2.22. The number of carbonyl (C=O) groups is 1. The Morgan fingerprint density at radius 1 is 1.06 bits per heavy atom. The SMILES string of the molecule is CC(=O)Cc1cccc2c1oc1ccccc12. The minimum Gasteiger partial charge on any atom is -0.456 e. The zero-order valence-corrected chi connectivity index (χ0v) is 9.57. The first-order valence-corrected chi connectivity index (χ1v) is 5.64. The van der Waals surface area contributed by atoms with Crippen molar-refractivity contribution in [3.8, 4) is 0 Å². The van der Waals surface area contributed by atoms with E-state index in [1.807, 2.05) is 42.5 Å². The van der Waals surface area contributed by atoms with E-state index < -0.39 is 0 Å². The monoisotopic (exact) mass is 224 g/mol. The van der Waals surface area contributed by atoms with Crippen LogP contribution in [0.5, 0.6) is 0 Å². The van der Waals surface area contributed by atoms with Crippen molar-refractivity contribution in [3.05, 3.63) is 48.0 Å². The molecule has 0 fully saturated rings. The summed E-state index contributed by atoms with van der Waals surface area (Å²) >= 11 is 0. The first-order valence-electron chi connectivity index (χ1n) is 5.64. The second-order valence-corrected chi connectivity index (χ2v) is 4.27. The largest absolute Gasteiger partial charge is 0.456 e. The summed E-state index contributed by atoms with van der Waals surface area (Å²) in [6, 6.07) is 13.9. The van der Waals surface area contributed by atoms with E-state index in [1.54, 1.807) is 6.92 Å². The fourth-order valence-electron chi connectivity index (χ4n) is 2.21. The van der Waals surface area contributed by atoms with Gasteiger partial charge in [0.25, 0.3) is 0 Å². The van der Waals surface area contributed by atoms with E-state index in [0.717, 1.165) is 27.5 Å². The van der Waals surface area contributed by atoms with E-state index in [-0.39, 0.29) is 5.78 Å². The van der Waals surface area contributed by atoms with Crippen molar-refractivity contribution in [2.75, 3.05) is 0 Å². The topological polar surface area (TPSA) is 30.2 Å². The molecule has 1 heterocycles. The Morgan fingerprint density at radius 3 is 2.65 bits per heavy atom. The van der Waals surface area contributed by atoms with Gasteiger partial charge in [0.15, 0.2) is 0 Å². The summed E-state index contributed by atoms with van der Waals surface area (Å²) < 4.78 is 5.83. The van der Waals surface area contributed by atoms with E-state index in [0.29, 0.717) is 6.42 Å². The molecule has 0 radical (unpaired) electrons. The van der Waals surface area contributed by atoms with Crippen molar-refractivity contribution in [1.29, 1.82) is 0 Å². The molecular weight excluding hydrogens is 212 g/mol. The van der Waals surface area contributed by atoms with Gasteiger partial charge in [-0.05, 0) is 13.0 Å². The number of rotatable bonds is 2. The second-order valence-electron chi connectivity index (χ2n) is 4.27. The van der Waals surface area contributed by atoms with Crippen molar-refractivity contribution in [2.24, 2.45) is 0 Å². The molecule has 0 saturated heterocycles. The van der Waals surface area contributed by atoms with Gasteiger partial charge in [-0.2, -0.15) is 0 Å². The Morgan fingerprint density at radius 2 is 1.82 bits per heavy atom. The molecule has 0 aliphatic rings. The molecule has 0 bridgehead atoms. The van der Waals surface area contributed by atoms with E-state index in [9.17, 15) is 4.79 Å². The van der Waals surface area contributed by atoms with Crippen LogP contribution in [0.25, 0.3) is 21.9 Å². The van der Waals surface area contributed by atoms with Crippen LogP contribution in [0.2, 0.25) is 0 Å². The van der Waals surface area contributed by atoms with E-state index in [1.165, 1.54) is 0 Å². The van der Waals surface area contributed by atoms with Crippen LogP contribution in [0.1, 0.15) is 12.5 Å². The van der Waals surface area contributed by atoms with Gasteiger partial charge in [-0.1, -0.05) is 36.4 Å². The summed E-state index contributed by atoms with van der Waals surface area (Å²) in [5.74, 6) is 0.151. The lowest BCUT2D eigenvalue weighted by atomic mass is 10.1. The maximum Gasteiger partial charge on any atom is 0.139 e. The molecule has 0 atom stereocenters. The summed E-state index contributed by atoms with van der Waals surface area (Å²) in [5.41, 5.74) is 2.67. The van der Waals surface area contributed by atoms with Crippen LogP contribution in [-0.4, -0.2) is 5.78 Å². The molecular formula is C15H12O2. The number of hydrogen-bond acceptors (Lipinski definition) is 2. The van der Waals surface area contributed by atoms with E-state index in [4.69, 9.17) is 4.42 Å². The van der Waals surface area contributed by atoms with Gasteiger partial charge in [0.1, 0.15) is 16.9 Å². The number of benzene rings is 2. The summed E-state index contributed by atoms with van der Waals surface area (Å²) in [6.07, 6.45) is 0.428. The minimum atomic E-state index is 0.151. The van der Waals surface area contributed by atoms with Crippen LogP contribution in [0.15, 0.2) is 46.9 Å². The number of carbonyl (C=O) groups excluding carboxylic acids is 1. The molecule has 0 amide bonds. The Labute approximate surface area is 98.8 Å². The molecule has 0 spiro atoms. The molecule has 3 rings (SSSR count). The number of ketones is 1. The van der Waals surface area contributed by atoms with Gasteiger partial charge >= 0.3 is 0 Å². The van der Waals surface area contributed by atoms with Gasteiger partial charge in [0.2, 0.25) is 0 Å². The number of para-hydroxylation sites is 2. The number of hydrogen-bond donors (Lipinski definition) is 0. The average Bonchev–Trinajstić information content (AvgIpc) is 2.68. The van der Waals surface area contributed by atoms with Crippen LogP contribution in [0.4, 0.5) is 0 Å². The van der Waals surface area contributed by atoms with Crippen LogP contribution in [0.3, 0.4) is 0 Å². The number of furan rings is 1. The standard InChI is InChI=1S/C15H12O2/c1-10(16)9-11-5-4-7-13-12-6-2-3-8-14(12)17-15(11)13/h2-8H,9H2,1H3. The molecule has 0 N–H and O–H groups in total. The Balaban J connectivity index is 2.35. The number of Topliss-reactive ketones (excluding diaryl/α,β-unsaturated/α-hetero) is 1. The first kappa shape index (κ1) is 10.1. The van der Waals surface area contributed by atoms with Crippen molar-refractivity contribution in [2.45, 2.75) is 13.3 Å². The predicted molar refractivity (Wildman–Crippen MR) is 68.1 cm³/mol. The highest BCUT2D eigenvalue weighted by Crippen LogP contribution is 2.30. The summed E-state index contributed by atoms with van der Waals surface area (Å²) in [7, 11) is 0. The normalized spacial score (nSPS) is 11.1. The molecule has 3 aromatic rings. The Bertz CT molecular complexity index is 707. The molecule has 2 nitrogen and oxygen atoms in total. The quantitative estimate of drug-likeness (QED) is 0.664. The van der Waals surface area contributed by atoms with Gasteiger partial charge in [-0.15, -0.1) is 0 Å². The maximum atomic E-state index is 11.2. The average molecular weight is 224 g/mol. The van der Waals surface area contributed by atoms with E-state index in [2.05, 4.69) is 0 Å². The zero-order valence-electron chi connectivity index (χ0n) is 9.57. The van der Waals surface area contributed by atoms with Gasteiger partial charge in [-0.25, -0.2) is 0 Å². The third-order valence-electron chi connectivity index (χ3n) is 2.93. The van der Waals surface area contributed by atoms with Crippen molar-refractivity contribution in [3.63, 3.8) is 0 Å². The molecule has 0 aliphatic heterocycles. The highest BCUT2D eigenvalue weighted by Gasteiger charge is 2.10. The third kappa shape index (κ3) is 1.62. The Hall–Kier alpha value is -2.09. The summed E-state index contributed by atoms with van der Waals surface area (Å²) in [5, 5.41) is 2.19. The van der Waals surface area contributed by atoms with Gasteiger partial charge in [0.05, 0.1) is 0 Å². The van der Waals surface area contributed by atoms with Crippen molar-refractivity contribution < 1.29 is 9.21 Å². The molecule has 17 heavy (non-hydrogen) atoms. The lowest BCUT2D eigenvalue weighted by molar-refractivity contribution is -0.116. The van der Waals surface area contributed by atoms with E-state index >= 15 is 0 Å². The van der Waals surface area contributed by atoms with Crippen LogP contribution in [0, 0.1) is 0 Å². The second kappa shape index (κ2) is 3.74. The summed E-state index contributed by atoms with van der Waals surface area (Å²) in [4.78, 5) is 11.2. The lowest BCUT2D eigenvalue weighted by Crippen LogP contribution is -1.95.